The van der Waals surface area contributed by atoms with Crippen molar-refractivity contribution >= 4 is 5.91 Å². The van der Waals surface area contributed by atoms with Crippen molar-refractivity contribution in [2.24, 2.45) is 0 Å². The quantitative estimate of drug-likeness (QED) is 0.921. The zero-order chi connectivity index (χ0) is 14.9. The molecule has 1 N–H and O–H groups in total. The number of hydrogen-bond acceptors (Lipinski definition) is 2. The third-order valence-corrected chi connectivity index (χ3v) is 4.62. The van der Waals surface area contributed by atoms with Crippen LogP contribution in [0.3, 0.4) is 0 Å². The largest absolute Gasteiger partial charge is 0.493 e. The number of benzene rings is 2. The zero-order valence-corrected chi connectivity index (χ0v) is 12.5. The van der Waals surface area contributed by atoms with E-state index in [0.717, 1.165) is 36.1 Å². The van der Waals surface area contributed by atoms with Gasteiger partial charge in [0.25, 0.3) is 5.91 Å². The molecule has 0 radical (unpaired) electrons. The first kappa shape index (κ1) is 13.4. The molecule has 0 fully saturated rings. The van der Waals surface area contributed by atoms with Crippen LogP contribution in [-0.2, 0) is 12.8 Å². The molecule has 1 aliphatic carbocycles. The predicted octanol–water partition coefficient (Wildman–Crippen LogP) is 3.43. The fourth-order valence-corrected chi connectivity index (χ4v) is 3.45. The van der Waals surface area contributed by atoms with Crippen LogP contribution in [-0.4, -0.2) is 12.5 Å². The molecule has 2 aromatic rings. The highest BCUT2D eigenvalue weighted by molar-refractivity contribution is 5.94. The first-order valence-electron chi connectivity index (χ1n) is 7.96. The molecule has 0 saturated carbocycles. The van der Waals surface area contributed by atoms with Gasteiger partial charge in [-0.05, 0) is 48.6 Å². The molecular formula is C19H19NO2. The van der Waals surface area contributed by atoms with E-state index in [9.17, 15) is 4.79 Å². The first-order valence-corrected chi connectivity index (χ1v) is 7.96. The molecule has 1 amide bonds. The fourth-order valence-electron chi connectivity index (χ4n) is 3.45. The van der Waals surface area contributed by atoms with Crippen molar-refractivity contribution in [3.05, 3.63) is 64.7 Å². The number of rotatable bonds is 2. The van der Waals surface area contributed by atoms with E-state index in [1.807, 2.05) is 30.3 Å². The molecule has 1 aliphatic heterocycles. The molecule has 3 heteroatoms. The Morgan fingerprint density at radius 3 is 2.91 bits per heavy atom. The van der Waals surface area contributed by atoms with E-state index in [-0.39, 0.29) is 11.9 Å². The molecular weight excluding hydrogens is 274 g/mol. The van der Waals surface area contributed by atoms with Crippen LogP contribution in [0.15, 0.2) is 42.5 Å². The summed E-state index contributed by atoms with van der Waals surface area (Å²) in [5.74, 6) is 0.893. The monoisotopic (exact) mass is 293 g/mol. The summed E-state index contributed by atoms with van der Waals surface area (Å²) >= 11 is 0. The van der Waals surface area contributed by atoms with Crippen LogP contribution in [0.5, 0.6) is 5.75 Å². The number of amides is 1. The Balaban J connectivity index is 1.55. The third kappa shape index (κ3) is 2.37. The molecule has 2 aliphatic rings. The molecule has 112 valence electrons. The van der Waals surface area contributed by atoms with E-state index in [1.165, 1.54) is 17.5 Å². The van der Waals surface area contributed by atoms with Crippen LogP contribution in [0.2, 0.25) is 0 Å². The SMILES string of the molecule is O=C(N[C@H]1CCOc2ccccc21)c1ccc2c(c1)CCC2. The number of fused-ring (bicyclic) bond motifs is 2. The van der Waals surface area contributed by atoms with E-state index in [0.29, 0.717) is 6.61 Å². The highest BCUT2D eigenvalue weighted by Crippen LogP contribution is 2.32. The number of para-hydroxylation sites is 1. The Labute approximate surface area is 130 Å². The molecule has 0 bridgehead atoms. The van der Waals surface area contributed by atoms with Gasteiger partial charge in [-0.3, -0.25) is 4.79 Å². The molecule has 0 spiro atoms. The Bertz CT molecular complexity index is 723. The van der Waals surface area contributed by atoms with Gasteiger partial charge in [0, 0.05) is 17.5 Å². The van der Waals surface area contributed by atoms with Crippen molar-refractivity contribution in [2.75, 3.05) is 6.61 Å². The third-order valence-electron chi connectivity index (χ3n) is 4.62. The molecule has 2 aromatic carbocycles. The van der Waals surface area contributed by atoms with Crippen molar-refractivity contribution in [2.45, 2.75) is 31.7 Å². The molecule has 1 atom stereocenters. The second-order valence-electron chi connectivity index (χ2n) is 6.04. The Kier molecular flexibility index (Phi) is 3.34. The molecule has 3 nitrogen and oxygen atoms in total. The summed E-state index contributed by atoms with van der Waals surface area (Å²) in [5, 5.41) is 3.16. The van der Waals surface area contributed by atoms with E-state index in [2.05, 4.69) is 17.4 Å². The highest BCUT2D eigenvalue weighted by atomic mass is 16.5. The molecule has 22 heavy (non-hydrogen) atoms. The summed E-state index contributed by atoms with van der Waals surface area (Å²) in [7, 11) is 0. The minimum atomic E-state index is 0.0106. The summed E-state index contributed by atoms with van der Waals surface area (Å²) in [6.07, 6.45) is 4.25. The maximum absolute atomic E-state index is 12.6. The van der Waals surface area contributed by atoms with Gasteiger partial charge in [0.1, 0.15) is 5.75 Å². The highest BCUT2D eigenvalue weighted by Gasteiger charge is 2.23. The summed E-state index contributed by atoms with van der Waals surface area (Å²) < 4.78 is 5.65. The van der Waals surface area contributed by atoms with Crippen LogP contribution in [0.4, 0.5) is 0 Å². The summed E-state index contributed by atoms with van der Waals surface area (Å²) in [6, 6.07) is 14.1. The number of aryl methyl sites for hydroxylation is 2. The van der Waals surface area contributed by atoms with Gasteiger partial charge in [-0.2, -0.15) is 0 Å². The second kappa shape index (κ2) is 5.48. The maximum Gasteiger partial charge on any atom is 0.251 e. The van der Waals surface area contributed by atoms with Gasteiger partial charge in [-0.15, -0.1) is 0 Å². The minimum absolute atomic E-state index is 0.0106. The van der Waals surface area contributed by atoms with Gasteiger partial charge in [-0.1, -0.05) is 24.3 Å². The number of ether oxygens (including phenoxy) is 1. The van der Waals surface area contributed by atoms with Gasteiger partial charge < -0.3 is 10.1 Å². The van der Waals surface area contributed by atoms with Crippen LogP contribution in [0.1, 0.15) is 45.9 Å². The van der Waals surface area contributed by atoms with Crippen molar-refractivity contribution in [1.29, 1.82) is 0 Å². The van der Waals surface area contributed by atoms with E-state index in [1.54, 1.807) is 0 Å². The van der Waals surface area contributed by atoms with Crippen molar-refractivity contribution in [3.63, 3.8) is 0 Å². The van der Waals surface area contributed by atoms with Gasteiger partial charge in [0.05, 0.1) is 12.6 Å². The summed E-state index contributed by atoms with van der Waals surface area (Å²) in [6.45, 7) is 0.645. The fraction of sp³-hybridized carbons (Fsp3) is 0.316. The van der Waals surface area contributed by atoms with E-state index < -0.39 is 0 Å². The standard InChI is InChI=1S/C19H19NO2/c21-19(15-9-8-13-4-3-5-14(13)12-15)20-17-10-11-22-18-7-2-1-6-16(17)18/h1-2,6-9,12,17H,3-5,10-11H2,(H,20,21)/t17-/m0/s1. The van der Waals surface area contributed by atoms with Crippen LogP contribution in [0.25, 0.3) is 0 Å². The number of hydrogen-bond donors (Lipinski definition) is 1. The summed E-state index contributed by atoms with van der Waals surface area (Å²) in [4.78, 5) is 12.6. The summed E-state index contributed by atoms with van der Waals surface area (Å²) in [5.41, 5.74) is 4.57. The maximum atomic E-state index is 12.6. The average molecular weight is 293 g/mol. The van der Waals surface area contributed by atoms with Gasteiger partial charge in [0.2, 0.25) is 0 Å². The molecule has 0 saturated heterocycles. The lowest BCUT2D eigenvalue weighted by molar-refractivity contribution is 0.0924. The minimum Gasteiger partial charge on any atom is -0.493 e. The van der Waals surface area contributed by atoms with Crippen LogP contribution in [0, 0.1) is 0 Å². The normalized spacial score (nSPS) is 19.0. The second-order valence-corrected chi connectivity index (χ2v) is 6.04. The zero-order valence-electron chi connectivity index (χ0n) is 12.5. The van der Waals surface area contributed by atoms with Crippen LogP contribution >= 0.6 is 0 Å². The van der Waals surface area contributed by atoms with Crippen molar-refractivity contribution in [1.82, 2.24) is 5.32 Å². The predicted molar refractivity (Wildman–Crippen MR) is 85.2 cm³/mol. The lowest BCUT2D eigenvalue weighted by Gasteiger charge is -2.26. The number of carbonyl (C=O) groups is 1. The van der Waals surface area contributed by atoms with E-state index >= 15 is 0 Å². The molecule has 1 heterocycles. The molecule has 0 aromatic heterocycles. The lowest BCUT2D eigenvalue weighted by Crippen LogP contribution is -2.32. The van der Waals surface area contributed by atoms with Gasteiger partial charge >= 0.3 is 0 Å². The average Bonchev–Trinajstić information content (AvgIpc) is 3.02. The lowest BCUT2D eigenvalue weighted by atomic mass is 9.99. The van der Waals surface area contributed by atoms with Crippen LogP contribution < -0.4 is 10.1 Å². The number of carbonyl (C=O) groups excluding carboxylic acids is 1. The first-order chi connectivity index (χ1) is 10.8. The Morgan fingerprint density at radius 2 is 1.95 bits per heavy atom. The smallest absolute Gasteiger partial charge is 0.251 e. The Morgan fingerprint density at radius 1 is 1.09 bits per heavy atom. The Hall–Kier alpha value is -2.29. The van der Waals surface area contributed by atoms with Crippen molar-refractivity contribution < 1.29 is 9.53 Å². The molecule has 0 unspecified atom stereocenters. The van der Waals surface area contributed by atoms with E-state index in [4.69, 9.17) is 4.74 Å². The number of nitrogens with one attached hydrogen (secondary N) is 1. The molecule has 4 rings (SSSR count). The van der Waals surface area contributed by atoms with Gasteiger partial charge in [-0.25, -0.2) is 0 Å². The van der Waals surface area contributed by atoms with Gasteiger partial charge in [0.15, 0.2) is 0 Å². The topological polar surface area (TPSA) is 38.3 Å². The van der Waals surface area contributed by atoms with Crippen molar-refractivity contribution in [3.8, 4) is 5.75 Å².